The highest BCUT2D eigenvalue weighted by molar-refractivity contribution is 7.00. The highest BCUT2D eigenvalue weighted by atomic mass is 28.3. The Kier molecular flexibility index (Phi) is 22.3. The van der Waals surface area contributed by atoms with E-state index >= 15 is 0 Å². The van der Waals surface area contributed by atoms with Crippen LogP contribution in [0.4, 0.5) is 14.4 Å². The molecule has 0 amide bonds. The van der Waals surface area contributed by atoms with Gasteiger partial charge in [-0.15, -0.1) is 39.5 Å². The zero-order valence-electron chi connectivity index (χ0n) is 45.9. The van der Waals surface area contributed by atoms with Gasteiger partial charge in [0.2, 0.25) is 0 Å². The number of hydrogen-bond donors (Lipinski definition) is 0. The molecule has 3 aliphatic carbocycles. The second kappa shape index (κ2) is 28.7. The largest absolute Gasteiger partial charge is 0.550 e. The van der Waals surface area contributed by atoms with Crippen LogP contribution in [-0.4, -0.2) is 78.9 Å². The normalized spacial score (nSPS) is 20.7. The average Bonchev–Trinajstić information content (AvgIpc) is 3.52. The third-order valence-electron chi connectivity index (χ3n) is 17.0. The zero-order chi connectivity index (χ0) is 57.2. The second-order valence-electron chi connectivity index (χ2n) is 20.8. The summed E-state index contributed by atoms with van der Waals surface area (Å²) in [5, 5.41) is 3.13. The summed E-state index contributed by atoms with van der Waals surface area (Å²) in [6, 6.07) is 23.4. The van der Waals surface area contributed by atoms with Crippen molar-refractivity contribution >= 4 is 76.2 Å². The second-order valence-corrected chi connectivity index (χ2v) is 33.3. The fourth-order valence-corrected chi connectivity index (χ4v) is 19.2. The summed E-state index contributed by atoms with van der Waals surface area (Å²) in [6.45, 7) is 30.2. The van der Waals surface area contributed by atoms with Crippen molar-refractivity contribution in [1.82, 2.24) is 0 Å². The first-order chi connectivity index (χ1) is 38.1. The Balaban J connectivity index is 1.01. The maximum atomic E-state index is 12.8. The molecule has 3 saturated carbocycles. The fourth-order valence-electron chi connectivity index (χ4n) is 11.9. The van der Waals surface area contributed by atoms with Crippen LogP contribution in [0.15, 0.2) is 146 Å². The van der Waals surface area contributed by atoms with Gasteiger partial charge in [-0.2, -0.15) is 14.4 Å². The Hall–Kier alpha value is -7.03. The molecule has 0 aliphatic heterocycles. The molecule has 0 spiro atoms. The summed E-state index contributed by atoms with van der Waals surface area (Å²) in [6.07, 6.45) is 3.30. The van der Waals surface area contributed by atoms with Crippen LogP contribution in [0.25, 0.3) is 0 Å². The molecule has 0 saturated heterocycles. The summed E-state index contributed by atoms with van der Waals surface area (Å²) in [5.41, 5.74) is 12.3. The maximum absolute atomic E-state index is 12.8. The third-order valence-corrected chi connectivity index (χ3v) is 29.2. The zero-order valence-corrected chi connectivity index (χ0v) is 48.9. The summed E-state index contributed by atoms with van der Waals surface area (Å²) < 4.78 is 16.9. The van der Waals surface area contributed by atoms with Crippen LogP contribution in [0, 0.1) is 23.7 Å². The lowest BCUT2D eigenvalue weighted by Crippen LogP contribution is -2.43. The molecule has 18 heteroatoms. The Morgan fingerprint density at radius 2 is 0.595 bits per heavy atom. The Bertz CT molecular complexity index is 2330. The molecule has 3 fully saturated rings. The van der Waals surface area contributed by atoms with Gasteiger partial charge in [-0.3, -0.25) is 0 Å². The number of carbonyl (C=O) groups excluding carboxylic acids is 6. The van der Waals surface area contributed by atoms with Crippen LogP contribution in [0.2, 0.25) is 18.1 Å². The minimum Gasteiger partial charge on any atom is -0.428 e. The van der Waals surface area contributed by atoms with Gasteiger partial charge in [-0.1, -0.05) is 107 Å². The first-order valence-electron chi connectivity index (χ1n) is 27.5. The molecule has 422 valence electrons. The van der Waals surface area contributed by atoms with Gasteiger partial charge in [-0.05, 0) is 155 Å². The van der Waals surface area contributed by atoms with Crippen molar-refractivity contribution in [2.75, 3.05) is 0 Å². The molecular formula is C61H76O15Si3. The number of benzene rings is 3. The van der Waals surface area contributed by atoms with Crippen molar-refractivity contribution in [3.63, 3.8) is 0 Å². The molecule has 0 bridgehead atoms. The molecule has 0 heterocycles. The number of rotatable bonds is 21. The molecule has 3 aromatic carbocycles. The smallest absolute Gasteiger partial charge is 0.428 e. The molecule has 15 nitrogen and oxygen atoms in total. The van der Waals surface area contributed by atoms with E-state index in [1.807, 2.05) is 70.6 Å². The van der Waals surface area contributed by atoms with Crippen LogP contribution in [0.1, 0.15) is 129 Å². The van der Waals surface area contributed by atoms with Crippen LogP contribution in [-0.2, 0) is 43.5 Å². The van der Waals surface area contributed by atoms with E-state index in [2.05, 4.69) is 60.2 Å². The molecule has 0 atom stereocenters. The van der Waals surface area contributed by atoms with Crippen LogP contribution in [0.3, 0.4) is 0 Å². The lowest BCUT2D eigenvalue weighted by molar-refractivity contribution is -0.209. The minimum atomic E-state index is -2.10. The maximum Gasteiger partial charge on any atom is 0.550 e. The van der Waals surface area contributed by atoms with Crippen LogP contribution < -0.4 is 15.6 Å². The monoisotopic (exact) mass is 1130 g/mol. The molecular weight excluding hydrogens is 1060 g/mol. The van der Waals surface area contributed by atoms with Crippen molar-refractivity contribution < 1.29 is 72.3 Å². The molecule has 0 aromatic heterocycles. The van der Waals surface area contributed by atoms with Gasteiger partial charge in [0.1, 0.15) is 42.5 Å². The molecule has 3 aliphatic rings. The predicted molar refractivity (Wildman–Crippen MR) is 308 cm³/mol. The average molecular weight is 1130 g/mol. The quantitative estimate of drug-likeness (QED) is 0.0322. The Morgan fingerprint density at radius 1 is 0.380 bits per heavy atom. The van der Waals surface area contributed by atoms with Gasteiger partial charge in [0.15, 0.2) is 0 Å². The first-order valence-corrected chi connectivity index (χ1v) is 34.6. The first kappa shape index (κ1) is 61.2. The highest BCUT2D eigenvalue weighted by Crippen LogP contribution is 2.48. The van der Waals surface area contributed by atoms with Crippen molar-refractivity contribution in [3.05, 3.63) is 163 Å². The summed E-state index contributed by atoms with van der Waals surface area (Å²) in [4.78, 5) is 106. The summed E-state index contributed by atoms with van der Waals surface area (Å²) >= 11 is 0. The molecule has 0 radical (unpaired) electrons. The van der Waals surface area contributed by atoms with Gasteiger partial charge in [0, 0.05) is 0 Å². The van der Waals surface area contributed by atoms with Crippen molar-refractivity contribution in [2.45, 2.75) is 134 Å². The number of ether oxygens (including phenoxy) is 3. The van der Waals surface area contributed by atoms with E-state index in [1.165, 1.54) is 0 Å². The van der Waals surface area contributed by atoms with E-state index in [-0.39, 0.29) is 40.4 Å². The fraction of sp³-hybridized carbons (Fsp3) is 0.410. The van der Waals surface area contributed by atoms with E-state index < -0.39 is 78.9 Å². The SMILES string of the molecule is C=C[Si](C=C)(CC)c1ccc(C(=O)OOC(=O)OC2CCC(C(C3CCC(OC(=O)OOC(=O)c4ccc([Si](C=C)(C=C)CC)cc4)CC3)C3CCC(OC(=O)OOC(=O)c4ccc([Si](C=C)(C=C)CC)cc4)CC3)CC2)cc1. The Labute approximate surface area is 467 Å². The molecule has 79 heavy (non-hydrogen) atoms. The Morgan fingerprint density at radius 3 is 0.785 bits per heavy atom. The standard InChI is InChI=1S/C61H76O15Si3/c1-10-77(11-2,12-3)52-37-25-46(26-38-52)56(62)71-74-59(65)68-49-31-19-43(20-32-49)55(44-21-33-50(34-22-44)69-60(66)75-72-57(63)47-27-39-53(40-28-47)78(13-4,14-5)15-6)45-23-35-51(36-24-45)70-61(67)76-73-58(64)48-29-41-54(42-30-48)79(16-7,17-8)18-9/h10-11,13-14,16-17,25-30,37-45,49-51,55H,1-2,4-5,7-8,12,15,18-24,31-36H2,3,6,9H3. The van der Waals surface area contributed by atoms with Crippen molar-refractivity contribution in [1.29, 1.82) is 0 Å². The third kappa shape index (κ3) is 15.2. The van der Waals surface area contributed by atoms with Gasteiger partial charge in [0.05, 0.1) is 16.7 Å². The van der Waals surface area contributed by atoms with Crippen LogP contribution >= 0.6 is 0 Å². The molecule has 3 aromatic rings. The van der Waals surface area contributed by atoms with E-state index in [9.17, 15) is 28.8 Å². The van der Waals surface area contributed by atoms with E-state index in [1.54, 1.807) is 36.4 Å². The van der Waals surface area contributed by atoms with E-state index in [4.69, 9.17) is 43.5 Å². The topological polar surface area (TPSA) is 185 Å². The summed E-state index contributed by atoms with van der Waals surface area (Å²) in [7, 11) is -6.31. The van der Waals surface area contributed by atoms with Gasteiger partial charge >= 0.3 is 36.4 Å². The van der Waals surface area contributed by atoms with Gasteiger partial charge in [-0.25, -0.2) is 43.7 Å². The molecule has 6 rings (SSSR count). The van der Waals surface area contributed by atoms with E-state index in [0.29, 0.717) is 38.5 Å². The minimum absolute atomic E-state index is 0.212. The van der Waals surface area contributed by atoms with Crippen LogP contribution in [0.5, 0.6) is 0 Å². The lowest BCUT2D eigenvalue weighted by atomic mass is 9.61. The van der Waals surface area contributed by atoms with E-state index in [0.717, 1.165) is 72.2 Å². The highest BCUT2D eigenvalue weighted by Gasteiger charge is 2.42. The van der Waals surface area contributed by atoms with Crippen molar-refractivity contribution in [2.24, 2.45) is 23.7 Å². The van der Waals surface area contributed by atoms with Gasteiger partial charge in [0.25, 0.3) is 0 Å². The number of carbonyl (C=O) groups is 6. The molecule has 0 N–H and O–H groups in total. The lowest BCUT2D eigenvalue weighted by Gasteiger charge is -2.45. The van der Waals surface area contributed by atoms with Gasteiger partial charge < -0.3 is 14.2 Å². The summed E-state index contributed by atoms with van der Waals surface area (Å²) in [5.74, 6) is -1.46. The molecule has 0 unspecified atom stereocenters. The predicted octanol–water partition coefficient (Wildman–Crippen LogP) is 12.4. The number of hydrogen-bond acceptors (Lipinski definition) is 15. The van der Waals surface area contributed by atoms with Crippen molar-refractivity contribution in [3.8, 4) is 0 Å².